The Labute approximate surface area is 104 Å². The van der Waals surface area contributed by atoms with Crippen molar-refractivity contribution in [2.75, 3.05) is 0 Å². The first-order valence-corrected chi connectivity index (χ1v) is 5.81. The van der Waals surface area contributed by atoms with E-state index in [0.29, 0.717) is 0 Å². The molecule has 1 aromatic rings. The van der Waals surface area contributed by atoms with Crippen molar-refractivity contribution >= 4 is 11.9 Å². The van der Waals surface area contributed by atoms with E-state index in [4.69, 9.17) is 5.11 Å². The van der Waals surface area contributed by atoms with E-state index in [1.165, 1.54) is 12.1 Å². The van der Waals surface area contributed by atoms with Crippen molar-refractivity contribution in [3.63, 3.8) is 0 Å². The van der Waals surface area contributed by atoms with E-state index in [1.54, 1.807) is 12.1 Å². The van der Waals surface area contributed by atoms with E-state index in [1.807, 2.05) is 0 Å². The van der Waals surface area contributed by atoms with Crippen molar-refractivity contribution in [1.29, 1.82) is 0 Å². The van der Waals surface area contributed by atoms with Gasteiger partial charge >= 0.3 is 5.97 Å². The number of aliphatic carboxylic acids is 1. The average Bonchev–Trinajstić information content (AvgIpc) is 3.07. The Morgan fingerprint density at radius 3 is 2.61 bits per heavy atom. The maximum Gasteiger partial charge on any atom is 0.303 e. The Morgan fingerprint density at radius 2 is 2.06 bits per heavy atom. The van der Waals surface area contributed by atoms with Crippen molar-refractivity contribution in [3.05, 3.63) is 35.6 Å². The van der Waals surface area contributed by atoms with Crippen LogP contribution in [0.25, 0.3) is 0 Å². The first-order valence-electron chi connectivity index (χ1n) is 5.81. The van der Waals surface area contributed by atoms with Crippen LogP contribution in [0.4, 0.5) is 4.39 Å². The molecule has 5 heteroatoms. The number of carboxylic acids is 1. The summed E-state index contributed by atoms with van der Waals surface area (Å²) in [5, 5.41) is 11.3. The number of rotatable bonds is 5. The molecule has 1 aliphatic carbocycles. The monoisotopic (exact) mass is 251 g/mol. The van der Waals surface area contributed by atoms with Gasteiger partial charge in [0.15, 0.2) is 0 Å². The lowest BCUT2D eigenvalue weighted by atomic mass is 10.0. The van der Waals surface area contributed by atoms with E-state index < -0.39 is 11.5 Å². The highest BCUT2D eigenvalue weighted by atomic mass is 19.1. The zero-order valence-corrected chi connectivity index (χ0v) is 9.78. The van der Waals surface area contributed by atoms with Gasteiger partial charge in [-0.25, -0.2) is 4.39 Å². The van der Waals surface area contributed by atoms with Gasteiger partial charge in [0.25, 0.3) is 0 Å². The van der Waals surface area contributed by atoms with Crippen molar-refractivity contribution < 1.29 is 19.1 Å². The fourth-order valence-electron chi connectivity index (χ4n) is 1.95. The second kappa shape index (κ2) is 4.76. The molecule has 1 saturated carbocycles. The van der Waals surface area contributed by atoms with Crippen molar-refractivity contribution in [2.24, 2.45) is 0 Å². The third-order valence-electron chi connectivity index (χ3n) is 3.07. The topological polar surface area (TPSA) is 66.4 Å². The molecule has 1 fully saturated rings. The van der Waals surface area contributed by atoms with Crippen LogP contribution in [0.3, 0.4) is 0 Å². The van der Waals surface area contributed by atoms with Crippen LogP contribution in [-0.2, 0) is 15.1 Å². The Morgan fingerprint density at radius 1 is 1.33 bits per heavy atom. The minimum absolute atomic E-state index is 0.0492. The fourth-order valence-corrected chi connectivity index (χ4v) is 1.95. The SMILES string of the molecule is O=C(O)CCC(=O)NC1(c2cccc(F)c2)CC1. The Bertz CT molecular complexity index is 483. The van der Waals surface area contributed by atoms with Gasteiger partial charge in [-0.1, -0.05) is 12.1 Å². The molecule has 1 aliphatic rings. The summed E-state index contributed by atoms with van der Waals surface area (Å²) in [5.74, 6) is -1.64. The molecule has 0 aromatic heterocycles. The maximum absolute atomic E-state index is 13.1. The van der Waals surface area contributed by atoms with Gasteiger partial charge in [-0.3, -0.25) is 9.59 Å². The van der Waals surface area contributed by atoms with Crippen LogP contribution in [-0.4, -0.2) is 17.0 Å². The number of hydrogen-bond donors (Lipinski definition) is 2. The summed E-state index contributed by atoms with van der Waals surface area (Å²) >= 11 is 0. The van der Waals surface area contributed by atoms with Gasteiger partial charge in [-0.05, 0) is 30.5 Å². The smallest absolute Gasteiger partial charge is 0.303 e. The molecule has 2 rings (SSSR count). The Balaban J connectivity index is 2.00. The molecule has 0 saturated heterocycles. The number of benzene rings is 1. The maximum atomic E-state index is 13.1. The normalized spacial score (nSPS) is 16.1. The van der Waals surface area contributed by atoms with Gasteiger partial charge in [0.05, 0.1) is 12.0 Å². The van der Waals surface area contributed by atoms with Crippen molar-refractivity contribution in [3.8, 4) is 0 Å². The number of halogens is 1. The number of amides is 1. The lowest BCUT2D eigenvalue weighted by Gasteiger charge is -2.17. The predicted octanol–water partition coefficient (Wildman–Crippen LogP) is 1.80. The lowest BCUT2D eigenvalue weighted by Crippen LogP contribution is -2.35. The van der Waals surface area contributed by atoms with Gasteiger partial charge in [-0.15, -0.1) is 0 Å². The Hall–Kier alpha value is -1.91. The molecule has 0 atom stereocenters. The second-order valence-electron chi connectivity index (χ2n) is 4.53. The summed E-state index contributed by atoms with van der Waals surface area (Å²) in [4.78, 5) is 22.0. The highest BCUT2D eigenvalue weighted by molar-refractivity contribution is 5.81. The molecular formula is C13H14FNO3. The third kappa shape index (κ3) is 2.85. The summed E-state index contributed by atoms with van der Waals surface area (Å²) < 4.78 is 13.1. The van der Waals surface area contributed by atoms with Gasteiger partial charge < -0.3 is 10.4 Å². The van der Waals surface area contributed by atoms with Crippen LogP contribution in [0.15, 0.2) is 24.3 Å². The molecule has 0 heterocycles. The minimum atomic E-state index is -0.999. The summed E-state index contributed by atoms with van der Waals surface area (Å²) in [6, 6.07) is 6.14. The first-order chi connectivity index (χ1) is 8.52. The highest BCUT2D eigenvalue weighted by Gasteiger charge is 2.45. The van der Waals surface area contributed by atoms with E-state index in [-0.39, 0.29) is 24.6 Å². The van der Waals surface area contributed by atoms with Gasteiger partial charge in [0.1, 0.15) is 5.82 Å². The standard InChI is InChI=1S/C13H14FNO3/c14-10-3-1-2-9(8-10)13(6-7-13)15-11(16)4-5-12(17)18/h1-3,8H,4-7H2,(H,15,16)(H,17,18). The highest BCUT2D eigenvalue weighted by Crippen LogP contribution is 2.45. The summed E-state index contributed by atoms with van der Waals surface area (Å²) in [6.07, 6.45) is 1.28. The third-order valence-corrected chi connectivity index (χ3v) is 3.07. The molecule has 0 unspecified atom stereocenters. The van der Waals surface area contributed by atoms with Crippen LogP contribution < -0.4 is 5.32 Å². The van der Waals surface area contributed by atoms with E-state index >= 15 is 0 Å². The average molecular weight is 251 g/mol. The molecular weight excluding hydrogens is 237 g/mol. The number of carbonyl (C=O) groups is 2. The first kappa shape index (κ1) is 12.5. The summed E-state index contributed by atoms with van der Waals surface area (Å²) in [5.41, 5.74) is 0.253. The molecule has 0 aliphatic heterocycles. The van der Waals surface area contributed by atoms with Crippen molar-refractivity contribution in [2.45, 2.75) is 31.2 Å². The number of nitrogens with one attached hydrogen (secondary N) is 1. The molecule has 0 bridgehead atoms. The van der Waals surface area contributed by atoms with Crippen LogP contribution in [0, 0.1) is 5.82 Å². The molecule has 1 amide bonds. The van der Waals surface area contributed by atoms with E-state index in [0.717, 1.165) is 18.4 Å². The van der Waals surface area contributed by atoms with Crippen molar-refractivity contribution in [1.82, 2.24) is 5.32 Å². The number of carbonyl (C=O) groups excluding carboxylic acids is 1. The van der Waals surface area contributed by atoms with Gasteiger partial charge in [-0.2, -0.15) is 0 Å². The Kier molecular flexibility index (Phi) is 3.32. The van der Waals surface area contributed by atoms with Crippen LogP contribution in [0.2, 0.25) is 0 Å². The molecule has 96 valence electrons. The minimum Gasteiger partial charge on any atom is -0.481 e. The number of carboxylic acid groups (broad SMARTS) is 1. The molecule has 0 spiro atoms. The fraction of sp³-hybridized carbons (Fsp3) is 0.385. The molecule has 18 heavy (non-hydrogen) atoms. The molecule has 1 aromatic carbocycles. The van der Waals surface area contributed by atoms with Gasteiger partial charge in [0.2, 0.25) is 5.91 Å². The van der Waals surface area contributed by atoms with Crippen LogP contribution in [0.1, 0.15) is 31.2 Å². The molecule has 2 N–H and O–H groups in total. The lowest BCUT2D eigenvalue weighted by molar-refractivity contribution is -0.139. The summed E-state index contributed by atoms with van der Waals surface area (Å²) in [6.45, 7) is 0. The predicted molar refractivity (Wildman–Crippen MR) is 62.3 cm³/mol. The molecule has 0 radical (unpaired) electrons. The van der Waals surface area contributed by atoms with Crippen LogP contribution >= 0.6 is 0 Å². The molecule has 4 nitrogen and oxygen atoms in total. The van der Waals surface area contributed by atoms with Gasteiger partial charge in [0, 0.05) is 6.42 Å². The van der Waals surface area contributed by atoms with Crippen LogP contribution in [0.5, 0.6) is 0 Å². The quantitative estimate of drug-likeness (QED) is 0.838. The number of hydrogen-bond acceptors (Lipinski definition) is 2. The zero-order valence-electron chi connectivity index (χ0n) is 9.78. The largest absolute Gasteiger partial charge is 0.481 e. The van der Waals surface area contributed by atoms with E-state index in [2.05, 4.69) is 5.32 Å². The zero-order chi connectivity index (χ0) is 13.2. The summed E-state index contributed by atoms with van der Waals surface area (Å²) in [7, 11) is 0. The second-order valence-corrected chi connectivity index (χ2v) is 4.53. The van der Waals surface area contributed by atoms with E-state index in [9.17, 15) is 14.0 Å².